The first kappa shape index (κ1) is 7.02. The molecule has 0 N–H and O–H groups in total. The van der Waals surface area contributed by atoms with E-state index in [1.165, 1.54) is 12.3 Å². The largest absolute Gasteiger partial charge is 0.0794 e. The third-order valence-electron chi connectivity index (χ3n) is 1.54. The Bertz CT molecular complexity index is 145. The SMILES string of the molecule is CCP1C=CC=C(C)C1. The van der Waals surface area contributed by atoms with E-state index in [4.69, 9.17) is 0 Å². The van der Waals surface area contributed by atoms with Gasteiger partial charge < -0.3 is 0 Å². The quantitative estimate of drug-likeness (QED) is 0.491. The molecule has 1 aliphatic heterocycles. The van der Waals surface area contributed by atoms with E-state index in [1.807, 2.05) is 0 Å². The van der Waals surface area contributed by atoms with Gasteiger partial charge in [-0.3, -0.25) is 0 Å². The summed E-state index contributed by atoms with van der Waals surface area (Å²) in [6, 6.07) is 0. The summed E-state index contributed by atoms with van der Waals surface area (Å²) < 4.78 is 0. The molecule has 1 rings (SSSR count). The normalized spacial score (nSPS) is 26.0. The van der Waals surface area contributed by atoms with E-state index in [9.17, 15) is 0 Å². The molecule has 0 fully saturated rings. The molecule has 9 heavy (non-hydrogen) atoms. The van der Waals surface area contributed by atoms with Crippen LogP contribution in [0.4, 0.5) is 0 Å². The van der Waals surface area contributed by atoms with E-state index < -0.39 is 0 Å². The first-order chi connectivity index (χ1) is 4.33. The highest BCUT2D eigenvalue weighted by molar-refractivity contribution is 7.61. The maximum atomic E-state index is 2.36. The first-order valence-corrected chi connectivity index (χ1v) is 5.19. The van der Waals surface area contributed by atoms with E-state index in [2.05, 4.69) is 31.8 Å². The van der Waals surface area contributed by atoms with Gasteiger partial charge in [0, 0.05) is 0 Å². The van der Waals surface area contributed by atoms with Crippen LogP contribution in [0.3, 0.4) is 0 Å². The fourth-order valence-electron chi connectivity index (χ4n) is 0.972. The zero-order valence-electron chi connectivity index (χ0n) is 6.09. The minimum absolute atomic E-state index is 0.242. The lowest BCUT2D eigenvalue weighted by molar-refractivity contribution is 1.36. The highest BCUT2D eigenvalue weighted by atomic mass is 31.1. The van der Waals surface area contributed by atoms with Crippen LogP contribution in [0, 0.1) is 0 Å². The topological polar surface area (TPSA) is 0 Å². The fourth-order valence-corrected chi connectivity index (χ4v) is 2.59. The van der Waals surface area contributed by atoms with E-state index in [0.29, 0.717) is 0 Å². The van der Waals surface area contributed by atoms with Crippen LogP contribution in [0.25, 0.3) is 0 Å². The van der Waals surface area contributed by atoms with Gasteiger partial charge in [-0.05, 0) is 19.2 Å². The second-order valence-electron chi connectivity index (χ2n) is 2.42. The van der Waals surface area contributed by atoms with Gasteiger partial charge in [0.1, 0.15) is 0 Å². The van der Waals surface area contributed by atoms with Crippen molar-refractivity contribution in [2.75, 3.05) is 12.3 Å². The molecule has 1 unspecified atom stereocenters. The smallest absolute Gasteiger partial charge is 0.00795 e. The van der Waals surface area contributed by atoms with E-state index in [-0.39, 0.29) is 7.92 Å². The second kappa shape index (κ2) is 3.17. The van der Waals surface area contributed by atoms with Crippen LogP contribution in [-0.2, 0) is 0 Å². The zero-order valence-corrected chi connectivity index (χ0v) is 6.99. The number of hydrogen-bond acceptors (Lipinski definition) is 0. The molecule has 0 saturated carbocycles. The van der Waals surface area contributed by atoms with Gasteiger partial charge >= 0.3 is 0 Å². The molecule has 0 aliphatic carbocycles. The van der Waals surface area contributed by atoms with E-state index in [1.54, 1.807) is 5.57 Å². The van der Waals surface area contributed by atoms with Crippen molar-refractivity contribution in [2.24, 2.45) is 0 Å². The maximum Gasteiger partial charge on any atom is -0.00795 e. The molecular weight excluding hydrogens is 127 g/mol. The molecule has 0 saturated heterocycles. The van der Waals surface area contributed by atoms with Crippen molar-refractivity contribution in [3.8, 4) is 0 Å². The van der Waals surface area contributed by atoms with Crippen molar-refractivity contribution in [1.29, 1.82) is 0 Å². The minimum Gasteiger partial charge on any atom is -0.0794 e. The average molecular weight is 140 g/mol. The van der Waals surface area contributed by atoms with Gasteiger partial charge in [0.15, 0.2) is 0 Å². The molecule has 1 aliphatic rings. The van der Waals surface area contributed by atoms with Crippen molar-refractivity contribution in [2.45, 2.75) is 13.8 Å². The lowest BCUT2D eigenvalue weighted by Crippen LogP contribution is -1.89. The fraction of sp³-hybridized carbons (Fsp3) is 0.500. The summed E-state index contributed by atoms with van der Waals surface area (Å²) in [6.07, 6.45) is 7.10. The summed E-state index contributed by atoms with van der Waals surface area (Å²) in [5, 5.41) is 0. The summed E-state index contributed by atoms with van der Waals surface area (Å²) in [5.74, 6) is 2.36. The average Bonchev–Trinajstić information content (AvgIpc) is 1.88. The Labute approximate surface area is 58.4 Å². The summed E-state index contributed by atoms with van der Waals surface area (Å²) in [4.78, 5) is 0. The van der Waals surface area contributed by atoms with E-state index in [0.717, 1.165) is 0 Å². The Kier molecular flexibility index (Phi) is 2.48. The molecule has 0 radical (unpaired) electrons. The van der Waals surface area contributed by atoms with Gasteiger partial charge in [-0.2, -0.15) is 0 Å². The molecule has 0 amide bonds. The van der Waals surface area contributed by atoms with Crippen LogP contribution in [0.15, 0.2) is 23.5 Å². The van der Waals surface area contributed by atoms with Crippen molar-refractivity contribution < 1.29 is 0 Å². The Morgan fingerprint density at radius 1 is 1.67 bits per heavy atom. The maximum absolute atomic E-state index is 2.36. The first-order valence-electron chi connectivity index (χ1n) is 3.41. The number of hydrogen-bond donors (Lipinski definition) is 0. The molecule has 0 nitrogen and oxygen atoms in total. The third-order valence-corrected chi connectivity index (χ3v) is 3.85. The minimum atomic E-state index is 0.242. The molecule has 50 valence electrons. The highest BCUT2D eigenvalue weighted by Gasteiger charge is 2.03. The molecule has 0 spiro atoms. The molecular formula is C8H13P. The van der Waals surface area contributed by atoms with Crippen LogP contribution < -0.4 is 0 Å². The third kappa shape index (κ3) is 1.95. The highest BCUT2D eigenvalue weighted by Crippen LogP contribution is 2.40. The van der Waals surface area contributed by atoms with Crippen molar-refractivity contribution >= 4 is 7.92 Å². The van der Waals surface area contributed by atoms with Crippen LogP contribution in [0.2, 0.25) is 0 Å². The van der Waals surface area contributed by atoms with Gasteiger partial charge in [0.25, 0.3) is 0 Å². The van der Waals surface area contributed by atoms with Gasteiger partial charge in [-0.1, -0.05) is 38.4 Å². The molecule has 0 bridgehead atoms. The van der Waals surface area contributed by atoms with Crippen LogP contribution in [-0.4, -0.2) is 12.3 Å². The number of allylic oxidation sites excluding steroid dienone is 3. The summed E-state index contributed by atoms with van der Waals surface area (Å²) in [7, 11) is 0.242. The predicted molar refractivity (Wildman–Crippen MR) is 45.2 cm³/mol. The standard InChI is InChI=1S/C8H13P/c1-3-9-6-4-5-8(2)7-9/h4-6H,3,7H2,1-2H3. The Hall–Kier alpha value is -0.0900. The lowest BCUT2D eigenvalue weighted by atomic mass is 10.3. The Balaban J connectivity index is 2.51. The molecule has 1 atom stereocenters. The second-order valence-corrected chi connectivity index (χ2v) is 4.84. The Morgan fingerprint density at radius 2 is 2.44 bits per heavy atom. The van der Waals surface area contributed by atoms with Crippen molar-refractivity contribution in [3.63, 3.8) is 0 Å². The van der Waals surface area contributed by atoms with Gasteiger partial charge in [0.05, 0.1) is 0 Å². The molecule has 1 heteroatoms. The zero-order chi connectivity index (χ0) is 6.69. The predicted octanol–water partition coefficient (Wildman–Crippen LogP) is 2.96. The van der Waals surface area contributed by atoms with Crippen LogP contribution >= 0.6 is 7.92 Å². The summed E-state index contributed by atoms with van der Waals surface area (Å²) in [6.45, 7) is 4.49. The van der Waals surface area contributed by atoms with E-state index >= 15 is 0 Å². The van der Waals surface area contributed by atoms with Crippen molar-refractivity contribution in [3.05, 3.63) is 23.5 Å². The molecule has 1 heterocycles. The lowest BCUT2D eigenvalue weighted by Gasteiger charge is -2.13. The monoisotopic (exact) mass is 140 g/mol. The van der Waals surface area contributed by atoms with Crippen LogP contribution in [0.1, 0.15) is 13.8 Å². The number of rotatable bonds is 1. The van der Waals surface area contributed by atoms with Gasteiger partial charge in [-0.25, -0.2) is 0 Å². The summed E-state index contributed by atoms with van der Waals surface area (Å²) in [5.41, 5.74) is 1.55. The van der Waals surface area contributed by atoms with Crippen LogP contribution in [0.5, 0.6) is 0 Å². The van der Waals surface area contributed by atoms with Gasteiger partial charge in [-0.15, -0.1) is 0 Å². The molecule has 0 aromatic heterocycles. The molecule has 0 aromatic rings. The molecule has 0 aromatic carbocycles. The Morgan fingerprint density at radius 3 is 2.89 bits per heavy atom. The summed E-state index contributed by atoms with van der Waals surface area (Å²) >= 11 is 0. The van der Waals surface area contributed by atoms with Gasteiger partial charge in [0.2, 0.25) is 0 Å². The van der Waals surface area contributed by atoms with Crippen molar-refractivity contribution in [1.82, 2.24) is 0 Å².